The van der Waals surface area contributed by atoms with Gasteiger partial charge in [-0.2, -0.15) is 13.2 Å². The molecule has 6 nitrogen and oxygen atoms in total. The molecule has 0 spiro atoms. The first-order valence-corrected chi connectivity index (χ1v) is 11.8. The minimum atomic E-state index is -4.47. The first-order valence-electron chi connectivity index (χ1n) is 11.8. The van der Waals surface area contributed by atoms with Gasteiger partial charge in [-0.25, -0.2) is 0 Å². The molecule has 1 aliphatic heterocycles. The molecule has 1 heterocycles. The minimum absolute atomic E-state index is 0.00741. The standard InChI is InChI=1S/C28H27F3N2O4/c1-36-22-6-4-5-20(15-22)25(34)16-27(13-14-37-18-27)26(35)32-17-19-9-11-21(12-10-19)33-24-8-3-2-7-23(24)28(29,30)31/h2-12,15,33H,13-14,16-18H2,1H3,(H,32,35)/t27-/m0/s1. The summed E-state index contributed by atoms with van der Waals surface area (Å²) in [6.45, 7) is 0.738. The van der Waals surface area contributed by atoms with E-state index >= 15 is 0 Å². The number of Topliss-reactive ketones (excluding diaryl/α,β-unsaturated/α-hetero) is 1. The second-order valence-electron chi connectivity index (χ2n) is 8.96. The third-order valence-corrected chi connectivity index (χ3v) is 6.39. The Balaban J connectivity index is 1.39. The molecule has 0 unspecified atom stereocenters. The number of nitrogens with one attached hydrogen (secondary N) is 2. The van der Waals surface area contributed by atoms with Crippen LogP contribution in [0.5, 0.6) is 5.75 Å². The molecule has 37 heavy (non-hydrogen) atoms. The number of ketones is 1. The zero-order valence-electron chi connectivity index (χ0n) is 20.2. The van der Waals surface area contributed by atoms with Crippen LogP contribution in [0.15, 0.2) is 72.8 Å². The molecule has 0 aromatic heterocycles. The Morgan fingerprint density at radius 2 is 1.78 bits per heavy atom. The molecule has 1 aliphatic rings. The van der Waals surface area contributed by atoms with Gasteiger partial charge in [0, 0.05) is 30.8 Å². The number of hydrogen-bond donors (Lipinski definition) is 2. The topological polar surface area (TPSA) is 76.7 Å². The molecule has 0 saturated carbocycles. The predicted octanol–water partition coefficient (Wildman–Crippen LogP) is 5.75. The van der Waals surface area contributed by atoms with E-state index in [0.29, 0.717) is 30.0 Å². The van der Waals surface area contributed by atoms with Gasteiger partial charge < -0.3 is 20.1 Å². The van der Waals surface area contributed by atoms with Crippen molar-refractivity contribution in [3.05, 3.63) is 89.5 Å². The number of halogens is 3. The fourth-order valence-electron chi connectivity index (χ4n) is 4.28. The van der Waals surface area contributed by atoms with E-state index in [1.165, 1.54) is 25.3 Å². The molecule has 3 aromatic rings. The summed E-state index contributed by atoms with van der Waals surface area (Å²) in [5.74, 6) is 0.114. The molecule has 194 valence electrons. The van der Waals surface area contributed by atoms with Gasteiger partial charge in [0.2, 0.25) is 5.91 Å². The maximum atomic E-state index is 13.2. The number of ether oxygens (including phenoxy) is 2. The van der Waals surface area contributed by atoms with Gasteiger partial charge in [0.15, 0.2) is 5.78 Å². The van der Waals surface area contributed by atoms with E-state index in [9.17, 15) is 22.8 Å². The highest BCUT2D eigenvalue weighted by molar-refractivity contribution is 6.00. The summed E-state index contributed by atoms with van der Waals surface area (Å²) in [5, 5.41) is 5.69. The van der Waals surface area contributed by atoms with Gasteiger partial charge in [-0.05, 0) is 48.4 Å². The van der Waals surface area contributed by atoms with Crippen molar-refractivity contribution in [2.75, 3.05) is 25.6 Å². The Kier molecular flexibility index (Phi) is 7.83. The fourth-order valence-corrected chi connectivity index (χ4v) is 4.28. The fraction of sp³-hybridized carbons (Fsp3) is 0.286. The van der Waals surface area contributed by atoms with E-state index in [2.05, 4.69) is 10.6 Å². The van der Waals surface area contributed by atoms with Crippen LogP contribution in [0.25, 0.3) is 0 Å². The van der Waals surface area contributed by atoms with E-state index in [1.54, 1.807) is 48.5 Å². The van der Waals surface area contributed by atoms with Crippen molar-refractivity contribution in [2.45, 2.75) is 25.6 Å². The van der Waals surface area contributed by atoms with Crippen LogP contribution in [0.2, 0.25) is 0 Å². The van der Waals surface area contributed by atoms with E-state index < -0.39 is 17.2 Å². The molecule has 1 amide bonds. The van der Waals surface area contributed by atoms with Gasteiger partial charge in [0.25, 0.3) is 0 Å². The number of benzene rings is 3. The van der Waals surface area contributed by atoms with Crippen LogP contribution in [0.1, 0.15) is 34.3 Å². The Labute approximate surface area is 212 Å². The maximum absolute atomic E-state index is 13.2. The van der Waals surface area contributed by atoms with Gasteiger partial charge in [-0.1, -0.05) is 36.4 Å². The molecule has 0 radical (unpaired) electrons. The lowest BCUT2D eigenvalue weighted by molar-refractivity contribution is -0.137. The molecule has 3 aromatic carbocycles. The highest BCUT2D eigenvalue weighted by Crippen LogP contribution is 2.36. The summed E-state index contributed by atoms with van der Waals surface area (Å²) in [4.78, 5) is 26.1. The number of carbonyl (C=O) groups excluding carboxylic acids is 2. The van der Waals surface area contributed by atoms with E-state index in [-0.39, 0.29) is 37.0 Å². The lowest BCUT2D eigenvalue weighted by Gasteiger charge is -2.25. The monoisotopic (exact) mass is 512 g/mol. The summed E-state index contributed by atoms with van der Waals surface area (Å²) in [6, 6.07) is 18.8. The van der Waals surface area contributed by atoms with Crippen molar-refractivity contribution in [1.82, 2.24) is 5.32 Å². The van der Waals surface area contributed by atoms with E-state index in [0.717, 1.165) is 11.6 Å². The van der Waals surface area contributed by atoms with Gasteiger partial charge in [0.05, 0.1) is 30.4 Å². The maximum Gasteiger partial charge on any atom is 0.418 e. The number of alkyl halides is 3. The van der Waals surface area contributed by atoms with Gasteiger partial charge in [-0.15, -0.1) is 0 Å². The van der Waals surface area contributed by atoms with Crippen LogP contribution in [0.3, 0.4) is 0 Å². The average molecular weight is 513 g/mol. The van der Waals surface area contributed by atoms with Crippen LogP contribution in [0.4, 0.5) is 24.5 Å². The van der Waals surface area contributed by atoms with Gasteiger partial charge >= 0.3 is 6.18 Å². The van der Waals surface area contributed by atoms with Gasteiger partial charge in [-0.3, -0.25) is 9.59 Å². The zero-order chi connectivity index (χ0) is 26.5. The second-order valence-corrected chi connectivity index (χ2v) is 8.96. The molecule has 2 N–H and O–H groups in total. The lowest BCUT2D eigenvalue weighted by Crippen LogP contribution is -2.42. The zero-order valence-corrected chi connectivity index (χ0v) is 20.2. The van der Waals surface area contributed by atoms with Crippen molar-refractivity contribution in [3.63, 3.8) is 0 Å². The van der Waals surface area contributed by atoms with Gasteiger partial charge in [0.1, 0.15) is 5.75 Å². The van der Waals surface area contributed by atoms with Crippen LogP contribution < -0.4 is 15.4 Å². The largest absolute Gasteiger partial charge is 0.497 e. The summed E-state index contributed by atoms with van der Waals surface area (Å²) in [5.41, 5.74) is -0.0526. The highest BCUT2D eigenvalue weighted by atomic mass is 19.4. The quantitative estimate of drug-likeness (QED) is 0.357. The lowest BCUT2D eigenvalue weighted by atomic mass is 9.80. The first kappa shape index (κ1) is 26.2. The third kappa shape index (κ3) is 6.29. The Bertz CT molecular complexity index is 1250. The average Bonchev–Trinajstić information content (AvgIpc) is 3.37. The molecular formula is C28H27F3N2O4. The molecular weight excluding hydrogens is 485 g/mol. The van der Waals surface area contributed by atoms with Crippen LogP contribution >= 0.6 is 0 Å². The first-order chi connectivity index (χ1) is 17.7. The normalized spacial score (nSPS) is 17.3. The number of hydrogen-bond acceptors (Lipinski definition) is 5. The van der Waals surface area contributed by atoms with Crippen molar-refractivity contribution in [3.8, 4) is 5.75 Å². The van der Waals surface area contributed by atoms with E-state index in [4.69, 9.17) is 9.47 Å². The molecule has 0 bridgehead atoms. The van der Waals surface area contributed by atoms with Crippen LogP contribution in [-0.2, 0) is 22.3 Å². The number of methoxy groups -OCH3 is 1. The van der Waals surface area contributed by atoms with Crippen molar-refractivity contribution in [2.24, 2.45) is 5.41 Å². The summed E-state index contributed by atoms with van der Waals surface area (Å²) in [6.07, 6.45) is -4.04. The number of rotatable bonds is 9. The van der Waals surface area contributed by atoms with Crippen LogP contribution in [-0.4, -0.2) is 32.0 Å². The van der Waals surface area contributed by atoms with Crippen molar-refractivity contribution in [1.29, 1.82) is 0 Å². The van der Waals surface area contributed by atoms with E-state index in [1.807, 2.05) is 0 Å². The predicted molar refractivity (Wildman–Crippen MR) is 133 cm³/mol. The third-order valence-electron chi connectivity index (χ3n) is 6.39. The molecule has 1 saturated heterocycles. The number of para-hydroxylation sites is 1. The molecule has 1 fully saturated rings. The number of amides is 1. The molecule has 0 aliphatic carbocycles. The summed E-state index contributed by atoms with van der Waals surface area (Å²) >= 11 is 0. The molecule has 4 rings (SSSR count). The Hall–Kier alpha value is -3.85. The minimum Gasteiger partial charge on any atom is -0.497 e. The smallest absolute Gasteiger partial charge is 0.418 e. The Morgan fingerprint density at radius 3 is 2.46 bits per heavy atom. The SMILES string of the molecule is COc1cccc(C(=O)C[C@@]2(C(=O)NCc3ccc(Nc4ccccc4C(F)(F)F)cc3)CCOC2)c1. The second kappa shape index (κ2) is 11.0. The summed E-state index contributed by atoms with van der Waals surface area (Å²) in [7, 11) is 1.52. The highest BCUT2D eigenvalue weighted by Gasteiger charge is 2.44. The summed E-state index contributed by atoms with van der Waals surface area (Å²) < 4.78 is 50.4. The number of carbonyl (C=O) groups is 2. The molecule has 1 atom stereocenters. The van der Waals surface area contributed by atoms with Crippen molar-refractivity contribution >= 4 is 23.1 Å². The molecule has 9 heteroatoms. The Morgan fingerprint density at radius 1 is 1.03 bits per heavy atom. The van der Waals surface area contributed by atoms with Crippen molar-refractivity contribution < 1.29 is 32.2 Å². The van der Waals surface area contributed by atoms with Crippen LogP contribution in [0, 0.1) is 5.41 Å². The number of anilines is 2.